The van der Waals surface area contributed by atoms with Gasteiger partial charge in [0.1, 0.15) is 0 Å². The lowest BCUT2D eigenvalue weighted by atomic mass is 10.2. The molecule has 1 fully saturated rings. The predicted octanol–water partition coefficient (Wildman–Crippen LogP) is 1.11. The fourth-order valence-corrected chi connectivity index (χ4v) is 1.91. The highest BCUT2D eigenvalue weighted by molar-refractivity contribution is 7.80. The molecule has 0 spiro atoms. The Kier molecular flexibility index (Phi) is 3.43. The van der Waals surface area contributed by atoms with Gasteiger partial charge >= 0.3 is 0 Å². The van der Waals surface area contributed by atoms with Gasteiger partial charge in [-0.05, 0) is 31.5 Å². The summed E-state index contributed by atoms with van der Waals surface area (Å²) in [6, 6.07) is 0.611. The van der Waals surface area contributed by atoms with E-state index in [0.29, 0.717) is 6.04 Å². The van der Waals surface area contributed by atoms with E-state index < -0.39 is 0 Å². The molecule has 2 rings (SSSR count). The molecular weight excluding hydrogens is 220 g/mol. The zero-order valence-electron chi connectivity index (χ0n) is 9.79. The third kappa shape index (κ3) is 2.95. The Morgan fingerprint density at radius 1 is 1.62 bits per heavy atom. The molecule has 1 aliphatic carbocycles. The number of nitrogens with one attached hydrogen (secondary N) is 2. The lowest BCUT2D eigenvalue weighted by Crippen LogP contribution is -2.36. The molecule has 16 heavy (non-hydrogen) atoms. The summed E-state index contributed by atoms with van der Waals surface area (Å²) in [5, 5.41) is 11.6. The molecule has 88 valence electrons. The Hall–Kier alpha value is -1.10. The predicted molar refractivity (Wildman–Crippen MR) is 68.2 cm³/mol. The van der Waals surface area contributed by atoms with E-state index in [1.807, 2.05) is 17.9 Å². The van der Waals surface area contributed by atoms with Crippen LogP contribution in [0.25, 0.3) is 0 Å². The minimum Gasteiger partial charge on any atom is -0.360 e. The Bertz CT molecular complexity index is 381. The summed E-state index contributed by atoms with van der Waals surface area (Å²) in [5.74, 6) is 0. The van der Waals surface area contributed by atoms with Crippen LogP contribution in [0.1, 0.15) is 31.0 Å². The van der Waals surface area contributed by atoms with Crippen molar-refractivity contribution in [2.24, 2.45) is 7.05 Å². The Balaban J connectivity index is 1.85. The highest BCUT2D eigenvalue weighted by Gasteiger charge is 2.21. The number of aryl methyl sites for hydroxylation is 2. The molecule has 0 bridgehead atoms. The minimum absolute atomic E-state index is 0.611. The molecule has 5 heteroatoms. The van der Waals surface area contributed by atoms with Gasteiger partial charge in [-0.25, -0.2) is 0 Å². The monoisotopic (exact) mass is 238 g/mol. The van der Waals surface area contributed by atoms with E-state index in [4.69, 9.17) is 12.2 Å². The topological polar surface area (TPSA) is 41.9 Å². The zero-order valence-corrected chi connectivity index (χ0v) is 10.6. The summed E-state index contributed by atoms with van der Waals surface area (Å²) in [7, 11) is 1.95. The van der Waals surface area contributed by atoms with Gasteiger partial charge in [-0.3, -0.25) is 4.68 Å². The maximum atomic E-state index is 5.21. The summed E-state index contributed by atoms with van der Waals surface area (Å²) in [4.78, 5) is 0. The van der Waals surface area contributed by atoms with Crippen molar-refractivity contribution >= 4 is 17.3 Å². The number of thiocarbonyl (C=S) groups is 1. The van der Waals surface area contributed by atoms with Crippen LogP contribution in [-0.2, 0) is 20.0 Å². The zero-order chi connectivity index (χ0) is 11.5. The van der Waals surface area contributed by atoms with Crippen molar-refractivity contribution in [2.75, 3.05) is 0 Å². The number of hydrogen-bond donors (Lipinski definition) is 2. The van der Waals surface area contributed by atoms with Crippen LogP contribution in [0.15, 0.2) is 6.20 Å². The number of nitrogens with zero attached hydrogens (tertiary/aromatic N) is 2. The smallest absolute Gasteiger partial charge is 0.166 e. The fraction of sp³-hybridized carbons (Fsp3) is 0.636. The van der Waals surface area contributed by atoms with Crippen LogP contribution in [0, 0.1) is 0 Å². The van der Waals surface area contributed by atoms with Crippen molar-refractivity contribution in [3.05, 3.63) is 17.5 Å². The van der Waals surface area contributed by atoms with Gasteiger partial charge in [-0.1, -0.05) is 6.92 Å². The van der Waals surface area contributed by atoms with Crippen LogP contribution in [0.2, 0.25) is 0 Å². The van der Waals surface area contributed by atoms with Gasteiger partial charge in [-0.15, -0.1) is 0 Å². The van der Waals surface area contributed by atoms with Crippen molar-refractivity contribution in [1.82, 2.24) is 20.4 Å². The first-order valence-corrected chi connectivity index (χ1v) is 6.15. The van der Waals surface area contributed by atoms with Crippen LogP contribution in [0.4, 0.5) is 0 Å². The first-order chi connectivity index (χ1) is 7.69. The molecule has 2 N–H and O–H groups in total. The van der Waals surface area contributed by atoms with Crippen molar-refractivity contribution in [2.45, 2.75) is 38.8 Å². The summed E-state index contributed by atoms with van der Waals surface area (Å²) in [6.45, 7) is 2.88. The third-order valence-corrected chi connectivity index (χ3v) is 2.94. The molecule has 0 unspecified atom stereocenters. The third-order valence-electron chi connectivity index (χ3n) is 2.68. The molecule has 1 aromatic heterocycles. The SMILES string of the molecule is CCc1nn(C)cc1CNC(=S)NC1CC1. The van der Waals surface area contributed by atoms with E-state index in [1.165, 1.54) is 18.4 Å². The van der Waals surface area contributed by atoms with E-state index in [1.54, 1.807) is 0 Å². The average molecular weight is 238 g/mol. The van der Waals surface area contributed by atoms with E-state index >= 15 is 0 Å². The van der Waals surface area contributed by atoms with Crippen molar-refractivity contribution in [3.8, 4) is 0 Å². The first kappa shape index (κ1) is 11.4. The Morgan fingerprint density at radius 3 is 3.00 bits per heavy atom. The second-order valence-corrected chi connectivity index (χ2v) is 4.64. The second kappa shape index (κ2) is 4.82. The lowest BCUT2D eigenvalue weighted by molar-refractivity contribution is 0.746. The Labute approximate surface area is 101 Å². The van der Waals surface area contributed by atoms with Crippen LogP contribution in [-0.4, -0.2) is 20.9 Å². The minimum atomic E-state index is 0.611. The van der Waals surface area contributed by atoms with Gasteiger partial charge in [0.05, 0.1) is 5.69 Å². The Morgan fingerprint density at radius 2 is 2.38 bits per heavy atom. The molecule has 4 nitrogen and oxygen atoms in total. The van der Waals surface area contributed by atoms with Gasteiger partial charge in [0.15, 0.2) is 5.11 Å². The molecule has 0 radical (unpaired) electrons. The van der Waals surface area contributed by atoms with Crippen molar-refractivity contribution in [1.29, 1.82) is 0 Å². The maximum absolute atomic E-state index is 5.21. The lowest BCUT2D eigenvalue weighted by Gasteiger charge is -2.08. The normalized spacial score (nSPS) is 14.9. The van der Waals surface area contributed by atoms with E-state index in [9.17, 15) is 0 Å². The average Bonchev–Trinajstić information content (AvgIpc) is 2.97. The molecule has 0 amide bonds. The van der Waals surface area contributed by atoms with Crippen LogP contribution in [0.3, 0.4) is 0 Å². The highest BCUT2D eigenvalue weighted by atomic mass is 32.1. The second-order valence-electron chi connectivity index (χ2n) is 4.23. The number of aromatic nitrogens is 2. The molecule has 1 aromatic rings. The van der Waals surface area contributed by atoms with E-state index in [2.05, 4.69) is 22.7 Å². The summed E-state index contributed by atoms with van der Waals surface area (Å²) >= 11 is 5.21. The van der Waals surface area contributed by atoms with Gasteiger partial charge in [0.25, 0.3) is 0 Å². The van der Waals surface area contributed by atoms with Crippen molar-refractivity contribution in [3.63, 3.8) is 0 Å². The first-order valence-electron chi connectivity index (χ1n) is 5.74. The number of rotatable bonds is 4. The van der Waals surface area contributed by atoms with E-state index in [0.717, 1.165) is 23.8 Å². The van der Waals surface area contributed by atoms with Gasteiger partial charge in [-0.2, -0.15) is 5.10 Å². The molecular formula is C11H18N4S. The molecule has 0 saturated heterocycles. The molecule has 0 aliphatic heterocycles. The van der Waals surface area contributed by atoms with Gasteiger partial charge in [0.2, 0.25) is 0 Å². The molecule has 1 heterocycles. The summed E-state index contributed by atoms with van der Waals surface area (Å²) in [6.07, 6.45) is 5.50. The molecule has 0 aromatic carbocycles. The largest absolute Gasteiger partial charge is 0.360 e. The summed E-state index contributed by atoms with van der Waals surface area (Å²) < 4.78 is 1.85. The van der Waals surface area contributed by atoms with Crippen LogP contribution >= 0.6 is 12.2 Å². The van der Waals surface area contributed by atoms with Crippen LogP contribution in [0.5, 0.6) is 0 Å². The maximum Gasteiger partial charge on any atom is 0.166 e. The van der Waals surface area contributed by atoms with Gasteiger partial charge in [0, 0.05) is 31.4 Å². The summed E-state index contributed by atoms with van der Waals surface area (Å²) in [5.41, 5.74) is 2.37. The van der Waals surface area contributed by atoms with E-state index in [-0.39, 0.29) is 0 Å². The standard InChI is InChI=1S/C11H18N4S/c1-3-10-8(7-15(2)14-10)6-12-11(16)13-9-4-5-9/h7,9H,3-6H2,1-2H3,(H2,12,13,16). The molecule has 1 saturated carbocycles. The van der Waals surface area contributed by atoms with Crippen LogP contribution < -0.4 is 10.6 Å². The molecule has 1 aliphatic rings. The fourth-order valence-electron chi connectivity index (χ4n) is 1.67. The number of hydrogen-bond acceptors (Lipinski definition) is 2. The van der Waals surface area contributed by atoms with Gasteiger partial charge < -0.3 is 10.6 Å². The highest BCUT2D eigenvalue weighted by Crippen LogP contribution is 2.18. The quantitative estimate of drug-likeness (QED) is 0.771. The van der Waals surface area contributed by atoms with Crippen molar-refractivity contribution < 1.29 is 0 Å². The molecule has 0 atom stereocenters.